The predicted molar refractivity (Wildman–Crippen MR) is 96.5 cm³/mol. The Morgan fingerprint density at radius 2 is 1.75 bits per heavy atom. The number of ketones is 1. The molecule has 4 aliphatic carbocycles. The molecule has 0 aromatic rings. The van der Waals surface area contributed by atoms with E-state index in [-0.39, 0.29) is 17.4 Å². The van der Waals surface area contributed by atoms with Crippen LogP contribution in [0.5, 0.6) is 0 Å². The third-order valence-corrected chi connectivity index (χ3v) is 9.53. The molecule has 0 aromatic heterocycles. The summed E-state index contributed by atoms with van der Waals surface area (Å²) in [6.45, 7) is 8.97. The smallest absolute Gasteiger partial charge is 0.133 e. The average molecular weight is 333 g/mol. The molecule has 0 aromatic carbocycles. The van der Waals surface area contributed by atoms with Crippen molar-refractivity contribution in [1.29, 1.82) is 0 Å². The first-order valence-electron chi connectivity index (χ1n) is 10.5. The second-order valence-corrected chi connectivity index (χ2v) is 10.4. The van der Waals surface area contributed by atoms with Gasteiger partial charge in [-0.25, -0.2) is 0 Å². The fourth-order valence-corrected chi connectivity index (χ4v) is 8.10. The molecule has 0 aliphatic heterocycles. The molecule has 4 fully saturated rings. The molecule has 4 aliphatic rings. The summed E-state index contributed by atoms with van der Waals surface area (Å²) in [6.07, 6.45) is 9.68. The molecule has 24 heavy (non-hydrogen) atoms. The number of aliphatic hydroxyl groups is 1. The van der Waals surface area contributed by atoms with Crippen LogP contribution in [0.1, 0.15) is 79.1 Å². The molecule has 0 heterocycles. The number of fused-ring (bicyclic) bond motifs is 5. The first kappa shape index (κ1) is 17.1. The van der Waals surface area contributed by atoms with Crippen molar-refractivity contribution in [3.05, 3.63) is 0 Å². The van der Waals surface area contributed by atoms with E-state index in [0.717, 1.165) is 37.0 Å². The van der Waals surface area contributed by atoms with Gasteiger partial charge in [0, 0.05) is 11.3 Å². The van der Waals surface area contributed by atoms with Gasteiger partial charge in [-0.3, -0.25) is 4.79 Å². The van der Waals surface area contributed by atoms with Gasteiger partial charge in [-0.05, 0) is 86.9 Å². The molecule has 0 radical (unpaired) electrons. The topological polar surface area (TPSA) is 37.3 Å². The third kappa shape index (κ3) is 2.14. The highest BCUT2D eigenvalue weighted by Gasteiger charge is 2.63. The summed E-state index contributed by atoms with van der Waals surface area (Å²) in [5, 5.41) is 11.2. The highest BCUT2D eigenvalue weighted by molar-refractivity contribution is 5.79. The van der Waals surface area contributed by atoms with Crippen LogP contribution in [0.15, 0.2) is 0 Å². The number of carbonyl (C=O) groups is 1. The van der Waals surface area contributed by atoms with E-state index in [1.165, 1.54) is 32.1 Å². The molecule has 4 rings (SSSR count). The fraction of sp³-hybridized carbons (Fsp3) is 0.955. The second kappa shape index (κ2) is 5.56. The number of rotatable bonds is 1. The zero-order valence-electron chi connectivity index (χ0n) is 16.1. The van der Waals surface area contributed by atoms with E-state index in [4.69, 9.17) is 0 Å². The van der Waals surface area contributed by atoms with Crippen LogP contribution in [-0.4, -0.2) is 17.0 Å². The molecule has 4 saturated carbocycles. The Labute approximate surface area is 147 Å². The largest absolute Gasteiger partial charge is 0.393 e. The van der Waals surface area contributed by atoms with Crippen molar-refractivity contribution >= 4 is 5.78 Å². The monoisotopic (exact) mass is 332 g/mol. The maximum Gasteiger partial charge on any atom is 0.133 e. The van der Waals surface area contributed by atoms with Crippen molar-refractivity contribution in [3.8, 4) is 0 Å². The Bertz CT molecular complexity index is 528. The number of aliphatic hydroxyl groups excluding tert-OH is 1. The molecular weight excluding hydrogens is 296 g/mol. The van der Waals surface area contributed by atoms with Gasteiger partial charge in [0.15, 0.2) is 0 Å². The van der Waals surface area contributed by atoms with Crippen LogP contribution in [0.25, 0.3) is 0 Å². The molecule has 4 unspecified atom stereocenters. The van der Waals surface area contributed by atoms with Crippen molar-refractivity contribution in [1.82, 2.24) is 0 Å². The maximum atomic E-state index is 12.2. The summed E-state index contributed by atoms with van der Waals surface area (Å²) in [4.78, 5) is 12.2. The molecule has 136 valence electrons. The molecular formula is C22H36O2. The van der Waals surface area contributed by atoms with Gasteiger partial charge in [-0.1, -0.05) is 27.2 Å². The van der Waals surface area contributed by atoms with Gasteiger partial charge in [0.05, 0.1) is 6.10 Å². The molecule has 0 bridgehead atoms. The van der Waals surface area contributed by atoms with Crippen LogP contribution in [-0.2, 0) is 4.79 Å². The van der Waals surface area contributed by atoms with Crippen LogP contribution in [0, 0.1) is 46.3 Å². The lowest BCUT2D eigenvalue weighted by Gasteiger charge is -2.62. The summed E-state index contributed by atoms with van der Waals surface area (Å²) in [7, 11) is 0. The summed E-state index contributed by atoms with van der Waals surface area (Å²) in [5.41, 5.74) is 0.282. The normalized spacial score (nSPS) is 57.0. The minimum Gasteiger partial charge on any atom is -0.393 e. The van der Waals surface area contributed by atoms with E-state index < -0.39 is 0 Å². The first-order chi connectivity index (χ1) is 11.3. The van der Waals surface area contributed by atoms with E-state index in [9.17, 15) is 9.90 Å². The van der Waals surface area contributed by atoms with E-state index in [1.807, 2.05) is 0 Å². The minimum atomic E-state index is -0.282. The number of Topliss-reactive ketones (excluding diaryl/α,β-unsaturated/α-hetero) is 1. The summed E-state index contributed by atoms with van der Waals surface area (Å²) in [6, 6.07) is 0. The Kier molecular flexibility index (Phi) is 3.95. The number of carbonyl (C=O) groups excluding carboxylic acids is 1. The van der Waals surface area contributed by atoms with Gasteiger partial charge in [0.2, 0.25) is 0 Å². The quantitative estimate of drug-likeness (QED) is 0.746. The Morgan fingerprint density at radius 3 is 2.46 bits per heavy atom. The lowest BCUT2D eigenvalue weighted by Crippen LogP contribution is -2.58. The standard InChI is InChI=1S/C22H36O2/c1-13-9-10-21(3)15(11-13)5-6-16-18-8-7-17(14(2)23)22(18,4)20(24)12-19(16)21/h13,15-20,24H,5-12H2,1-4H3/t13-,15-,16?,17?,18?,19?,20+,21+,22-/m1/s1. The Morgan fingerprint density at radius 1 is 1.00 bits per heavy atom. The van der Waals surface area contributed by atoms with Crippen LogP contribution in [0.4, 0.5) is 0 Å². The van der Waals surface area contributed by atoms with Crippen molar-refractivity contribution in [3.63, 3.8) is 0 Å². The van der Waals surface area contributed by atoms with E-state index in [1.54, 1.807) is 6.92 Å². The molecule has 2 nitrogen and oxygen atoms in total. The molecule has 0 amide bonds. The molecule has 9 atom stereocenters. The minimum absolute atomic E-state index is 0.0929. The van der Waals surface area contributed by atoms with Gasteiger partial charge in [0.25, 0.3) is 0 Å². The molecule has 0 spiro atoms. The lowest BCUT2D eigenvalue weighted by molar-refractivity contribution is -0.170. The van der Waals surface area contributed by atoms with Gasteiger partial charge < -0.3 is 5.11 Å². The number of hydrogen-bond acceptors (Lipinski definition) is 2. The number of hydrogen-bond donors (Lipinski definition) is 1. The SMILES string of the molecule is CC(=O)C1CCC2C3CC[C@@H]4C[C@H](C)CC[C@]4(C)C3C[C@H](O)[C@]12C. The molecule has 0 saturated heterocycles. The second-order valence-electron chi connectivity index (χ2n) is 10.4. The van der Waals surface area contributed by atoms with E-state index in [0.29, 0.717) is 23.0 Å². The lowest BCUT2D eigenvalue weighted by atomic mass is 9.43. The molecule has 2 heteroatoms. The van der Waals surface area contributed by atoms with Crippen LogP contribution >= 0.6 is 0 Å². The van der Waals surface area contributed by atoms with E-state index in [2.05, 4.69) is 20.8 Å². The van der Waals surface area contributed by atoms with Crippen molar-refractivity contribution in [2.24, 2.45) is 46.3 Å². The maximum absolute atomic E-state index is 12.2. The third-order valence-electron chi connectivity index (χ3n) is 9.53. The van der Waals surface area contributed by atoms with Gasteiger partial charge in [-0.2, -0.15) is 0 Å². The van der Waals surface area contributed by atoms with Crippen molar-refractivity contribution in [2.45, 2.75) is 85.2 Å². The Balaban J connectivity index is 1.66. The fourth-order valence-electron chi connectivity index (χ4n) is 8.10. The van der Waals surface area contributed by atoms with Crippen molar-refractivity contribution < 1.29 is 9.90 Å². The van der Waals surface area contributed by atoms with Crippen LogP contribution in [0.2, 0.25) is 0 Å². The molecule has 1 N–H and O–H groups in total. The van der Waals surface area contributed by atoms with Crippen LogP contribution < -0.4 is 0 Å². The predicted octanol–water partition coefficient (Wildman–Crippen LogP) is 4.84. The van der Waals surface area contributed by atoms with Gasteiger partial charge in [0.1, 0.15) is 5.78 Å². The first-order valence-corrected chi connectivity index (χ1v) is 10.5. The summed E-state index contributed by atoms with van der Waals surface area (Å²) in [5.74, 6) is 4.15. The Hall–Kier alpha value is -0.370. The zero-order chi connectivity index (χ0) is 17.3. The van der Waals surface area contributed by atoms with Crippen molar-refractivity contribution in [2.75, 3.05) is 0 Å². The summed E-state index contributed by atoms with van der Waals surface area (Å²) < 4.78 is 0. The average Bonchev–Trinajstić information content (AvgIpc) is 2.88. The van der Waals surface area contributed by atoms with Gasteiger partial charge in [-0.15, -0.1) is 0 Å². The highest BCUT2D eigenvalue weighted by Crippen LogP contribution is 2.67. The van der Waals surface area contributed by atoms with Crippen LogP contribution in [0.3, 0.4) is 0 Å². The summed E-state index contributed by atoms with van der Waals surface area (Å²) >= 11 is 0. The highest BCUT2D eigenvalue weighted by atomic mass is 16.3. The zero-order valence-corrected chi connectivity index (χ0v) is 16.1. The van der Waals surface area contributed by atoms with Gasteiger partial charge >= 0.3 is 0 Å². The van der Waals surface area contributed by atoms with E-state index >= 15 is 0 Å².